The number of carbonyl (C=O) groups excluding carboxylic acids is 2. The van der Waals surface area contributed by atoms with Crippen LogP contribution in [0.2, 0.25) is 0 Å². The Morgan fingerprint density at radius 2 is 1.88 bits per heavy atom. The molecule has 4 rings (SSSR count). The third kappa shape index (κ3) is 6.03. The Bertz CT molecular complexity index is 847. The number of rotatable bonds is 11. The molecule has 0 spiro atoms. The molecule has 1 aliphatic heterocycles. The molecule has 0 radical (unpaired) electrons. The number of nitrogens with one attached hydrogen (secondary N) is 1. The van der Waals surface area contributed by atoms with E-state index in [9.17, 15) is 18.4 Å². The number of amides is 2. The molecule has 1 aromatic rings. The molecule has 1 saturated heterocycles. The van der Waals surface area contributed by atoms with Gasteiger partial charge >= 0.3 is 6.61 Å². The quantitative estimate of drug-likeness (QED) is 0.506. The number of benzene rings is 1. The molecule has 2 aliphatic carbocycles. The van der Waals surface area contributed by atoms with Crippen LogP contribution < -0.4 is 20.7 Å². The number of hydrogen-bond acceptors (Lipinski definition) is 6. The zero-order valence-corrected chi connectivity index (χ0v) is 19.4. The highest BCUT2D eigenvalue weighted by Crippen LogP contribution is 2.34. The van der Waals surface area contributed by atoms with Crippen LogP contribution in [0.25, 0.3) is 0 Å². The van der Waals surface area contributed by atoms with E-state index < -0.39 is 12.7 Å². The summed E-state index contributed by atoms with van der Waals surface area (Å²) < 4.78 is 36.0. The van der Waals surface area contributed by atoms with Crippen LogP contribution >= 0.6 is 0 Å². The van der Waals surface area contributed by atoms with E-state index in [2.05, 4.69) is 10.2 Å². The third-order valence-electron chi connectivity index (χ3n) is 7.12. The fraction of sp³-hybridized carbons (Fsp3) is 0.667. The van der Waals surface area contributed by atoms with E-state index in [1.165, 1.54) is 55.6 Å². The molecule has 188 valence electrons. The average Bonchev–Trinajstić information content (AvgIpc) is 2.73. The number of nitrogens with zero attached hydrogens (tertiary/aromatic N) is 2. The van der Waals surface area contributed by atoms with Gasteiger partial charge in [0, 0.05) is 37.9 Å². The van der Waals surface area contributed by atoms with Gasteiger partial charge in [-0.3, -0.25) is 14.5 Å². The van der Waals surface area contributed by atoms with Crippen LogP contribution in [-0.4, -0.2) is 68.8 Å². The van der Waals surface area contributed by atoms with Crippen LogP contribution in [0.4, 0.5) is 20.2 Å². The smallest absolute Gasteiger partial charge is 0.387 e. The summed E-state index contributed by atoms with van der Waals surface area (Å²) in [7, 11) is 0. The Morgan fingerprint density at radius 3 is 2.41 bits per heavy atom. The highest BCUT2D eigenvalue weighted by molar-refractivity contribution is 5.98. The molecule has 3 N–H and O–H groups in total. The fourth-order valence-electron chi connectivity index (χ4n) is 4.77. The maximum atomic E-state index is 13.2. The molecule has 3 fully saturated rings. The van der Waals surface area contributed by atoms with Crippen molar-refractivity contribution in [2.45, 2.75) is 51.2 Å². The van der Waals surface area contributed by atoms with E-state index in [0.717, 1.165) is 13.1 Å². The Kier molecular flexibility index (Phi) is 8.33. The molecule has 2 saturated carbocycles. The zero-order valence-electron chi connectivity index (χ0n) is 19.4. The number of ether oxygens (including phenoxy) is 2. The van der Waals surface area contributed by atoms with Gasteiger partial charge in [0.15, 0.2) is 5.75 Å². The summed E-state index contributed by atoms with van der Waals surface area (Å²) in [5.41, 5.74) is 6.59. The van der Waals surface area contributed by atoms with Gasteiger partial charge in [0.1, 0.15) is 12.6 Å². The van der Waals surface area contributed by atoms with Crippen LogP contribution in [-0.2, 0) is 14.3 Å². The number of carbonyl (C=O) groups is 2. The Morgan fingerprint density at radius 1 is 1.21 bits per heavy atom. The van der Waals surface area contributed by atoms with E-state index in [0.29, 0.717) is 24.1 Å². The molecule has 1 aromatic carbocycles. The van der Waals surface area contributed by atoms with Crippen LogP contribution in [0.5, 0.6) is 5.75 Å². The van der Waals surface area contributed by atoms with Crippen molar-refractivity contribution in [1.82, 2.24) is 4.90 Å². The summed E-state index contributed by atoms with van der Waals surface area (Å²) >= 11 is 0. The first-order chi connectivity index (χ1) is 16.4. The molecule has 10 heteroatoms. The zero-order chi connectivity index (χ0) is 24.1. The standard InChI is InChI=1S/C24H34F2N4O4/c25-24(26)34-21-11-18(7-8-19(21)30-9-10-33-15-22(30)31)28-23(32)20(12-27)29(13-16-3-1-4-16)14-17-5-2-6-17/h7-8,11,16-17,20,24H,1-6,9-10,12-15,27H2,(H,28,32)/t20-/m0/s1. The summed E-state index contributed by atoms with van der Waals surface area (Å²) in [5, 5.41) is 2.83. The van der Waals surface area contributed by atoms with Crippen molar-refractivity contribution in [3.05, 3.63) is 18.2 Å². The highest BCUT2D eigenvalue weighted by atomic mass is 19.3. The molecule has 0 unspecified atom stereocenters. The highest BCUT2D eigenvalue weighted by Gasteiger charge is 2.32. The second-order valence-corrected chi connectivity index (χ2v) is 9.45. The Balaban J connectivity index is 1.49. The topological polar surface area (TPSA) is 97.1 Å². The molecule has 3 aliphatic rings. The number of nitrogens with two attached hydrogens (primary N) is 1. The predicted molar refractivity (Wildman–Crippen MR) is 124 cm³/mol. The van der Waals surface area contributed by atoms with Crippen molar-refractivity contribution in [1.29, 1.82) is 0 Å². The van der Waals surface area contributed by atoms with Gasteiger partial charge in [0.25, 0.3) is 5.91 Å². The lowest BCUT2D eigenvalue weighted by Crippen LogP contribution is -2.52. The van der Waals surface area contributed by atoms with Gasteiger partial charge in [0.2, 0.25) is 5.91 Å². The number of halogens is 2. The van der Waals surface area contributed by atoms with Gasteiger partial charge in [-0.1, -0.05) is 12.8 Å². The van der Waals surface area contributed by atoms with Gasteiger partial charge in [-0.25, -0.2) is 0 Å². The largest absolute Gasteiger partial charge is 0.433 e. The minimum atomic E-state index is -3.07. The van der Waals surface area contributed by atoms with E-state index in [1.54, 1.807) is 6.07 Å². The van der Waals surface area contributed by atoms with Crippen molar-refractivity contribution in [2.75, 3.05) is 49.6 Å². The summed E-state index contributed by atoms with van der Waals surface area (Å²) in [5.74, 6) is 0.414. The van der Waals surface area contributed by atoms with Crippen molar-refractivity contribution >= 4 is 23.2 Å². The molecule has 2 amide bonds. The second kappa shape index (κ2) is 11.4. The summed E-state index contributed by atoms with van der Waals surface area (Å²) in [6.45, 7) is -0.787. The fourth-order valence-corrected chi connectivity index (χ4v) is 4.77. The average molecular weight is 481 g/mol. The van der Waals surface area contributed by atoms with E-state index in [1.807, 2.05) is 0 Å². The van der Waals surface area contributed by atoms with Gasteiger partial charge < -0.3 is 25.4 Å². The lowest BCUT2D eigenvalue weighted by atomic mass is 9.82. The first-order valence-electron chi connectivity index (χ1n) is 12.2. The van der Waals surface area contributed by atoms with Gasteiger partial charge in [-0.15, -0.1) is 0 Å². The molecule has 34 heavy (non-hydrogen) atoms. The van der Waals surface area contributed by atoms with Crippen molar-refractivity contribution in [3.8, 4) is 5.75 Å². The SMILES string of the molecule is NC[C@@H](C(=O)Nc1ccc(N2CCOCC2=O)c(OC(F)F)c1)N(CC1CCC1)CC1CCC1. The molecular weight excluding hydrogens is 446 g/mol. The number of alkyl halides is 2. The van der Waals surface area contributed by atoms with Crippen LogP contribution in [0.3, 0.4) is 0 Å². The number of morpholine rings is 1. The van der Waals surface area contributed by atoms with Gasteiger partial charge in [-0.2, -0.15) is 8.78 Å². The lowest BCUT2D eigenvalue weighted by molar-refractivity contribution is -0.126. The number of anilines is 2. The van der Waals surface area contributed by atoms with Crippen molar-refractivity contribution < 1.29 is 27.8 Å². The van der Waals surface area contributed by atoms with E-state index in [4.69, 9.17) is 15.2 Å². The molecule has 1 atom stereocenters. The first-order valence-corrected chi connectivity index (χ1v) is 12.2. The Labute approximate surface area is 198 Å². The van der Waals surface area contributed by atoms with Crippen LogP contribution in [0.15, 0.2) is 18.2 Å². The normalized spacial score (nSPS) is 20.3. The van der Waals surface area contributed by atoms with E-state index in [-0.39, 0.29) is 42.9 Å². The molecule has 0 aromatic heterocycles. The Hall–Kier alpha value is -2.30. The maximum absolute atomic E-state index is 13.2. The van der Waals surface area contributed by atoms with Crippen molar-refractivity contribution in [2.24, 2.45) is 17.6 Å². The molecule has 8 nitrogen and oxygen atoms in total. The molecule has 0 bridgehead atoms. The van der Waals surface area contributed by atoms with Crippen molar-refractivity contribution in [3.63, 3.8) is 0 Å². The van der Waals surface area contributed by atoms with Crippen LogP contribution in [0.1, 0.15) is 38.5 Å². The monoisotopic (exact) mass is 480 g/mol. The maximum Gasteiger partial charge on any atom is 0.387 e. The summed E-state index contributed by atoms with van der Waals surface area (Å²) in [6.07, 6.45) is 7.16. The van der Waals surface area contributed by atoms with Crippen LogP contribution in [0, 0.1) is 11.8 Å². The first kappa shape index (κ1) is 24.8. The predicted octanol–water partition coefficient (Wildman–Crippen LogP) is 2.82. The molecule has 1 heterocycles. The van der Waals surface area contributed by atoms with E-state index >= 15 is 0 Å². The van der Waals surface area contributed by atoms with Gasteiger partial charge in [0.05, 0.1) is 12.3 Å². The number of hydrogen-bond donors (Lipinski definition) is 2. The molecular formula is C24H34F2N4O4. The third-order valence-corrected chi connectivity index (χ3v) is 7.12. The minimum absolute atomic E-state index is 0.122. The lowest BCUT2D eigenvalue weighted by Gasteiger charge is -2.40. The minimum Gasteiger partial charge on any atom is -0.433 e. The summed E-state index contributed by atoms with van der Waals surface area (Å²) in [6, 6.07) is 3.93. The summed E-state index contributed by atoms with van der Waals surface area (Å²) in [4.78, 5) is 29.0. The second-order valence-electron chi connectivity index (χ2n) is 9.45. The van der Waals surface area contributed by atoms with Gasteiger partial charge in [-0.05, 0) is 49.7 Å².